The topological polar surface area (TPSA) is 65.7 Å². The van der Waals surface area contributed by atoms with Gasteiger partial charge in [0, 0.05) is 16.7 Å². The van der Waals surface area contributed by atoms with Crippen LogP contribution in [-0.2, 0) is 5.75 Å². The van der Waals surface area contributed by atoms with Crippen LogP contribution in [0.2, 0.25) is 0 Å². The number of benzene rings is 2. The maximum absolute atomic E-state index is 13.5. The Kier molecular flexibility index (Phi) is 5.12. The van der Waals surface area contributed by atoms with Crippen LogP contribution in [0.4, 0.5) is 4.39 Å². The van der Waals surface area contributed by atoms with Crippen LogP contribution in [-0.4, -0.2) is 32.3 Å². The molecule has 2 aromatic carbocycles. The van der Waals surface area contributed by atoms with E-state index < -0.39 is 0 Å². The number of nitrogens with zero attached hydrogens (tertiary/aromatic N) is 5. The lowest BCUT2D eigenvalue weighted by molar-refractivity contribution is 0.415. The Bertz CT molecular complexity index is 1070. The van der Waals surface area contributed by atoms with E-state index in [-0.39, 0.29) is 5.82 Å². The van der Waals surface area contributed by atoms with Gasteiger partial charge in [0.05, 0.1) is 18.5 Å². The molecule has 6 nitrogen and oxygen atoms in total. The molecule has 2 heterocycles. The summed E-state index contributed by atoms with van der Waals surface area (Å²) in [5.41, 5.74) is 2.52. The Hall–Kier alpha value is -2.78. The van der Waals surface area contributed by atoms with Gasteiger partial charge in [0.1, 0.15) is 16.6 Å². The SMILES string of the molecule is COc1cccc(-c2nc(CSc3nnnn3-c3cccc(F)c3)cs2)c1. The predicted molar refractivity (Wildman–Crippen MR) is 103 cm³/mol. The summed E-state index contributed by atoms with van der Waals surface area (Å²) >= 11 is 3.02. The van der Waals surface area contributed by atoms with Crippen LogP contribution < -0.4 is 4.74 Å². The molecule has 2 aromatic heterocycles. The second kappa shape index (κ2) is 7.85. The number of thiazole rings is 1. The van der Waals surface area contributed by atoms with Crippen molar-refractivity contribution in [2.24, 2.45) is 0 Å². The zero-order valence-electron chi connectivity index (χ0n) is 14.2. The molecule has 9 heteroatoms. The fourth-order valence-electron chi connectivity index (χ4n) is 2.44. The maximum atomic E-state index is 13.5. The summed E-state index contributed by atoms with van der Waals surface area (Å²) < 4.78 is 20.2. The molecule has 0 N–H and O–H groups in total. The molecular weight excluding hydrogens is 385 g/mol. The average molecular weight is 399 g/mol. The number of ether oxygens (including phenoxy) is 1. The third kappa shape index (κ3) is 3.99. The van der Waals surface area contributed by atoms with Gasteiger partial charge in [-0.25, -0.2) is 9.37 Å². The zero-order valence-corrected chi connectivity index (χ0v) is 15.9. The Labute approximate surface area is 163 Å². The second-order valence-corrected chi connectivity index (χ2v) is 7.32. The maximum Gasteiger partial charge on any atom is 0.214 e. The van der Waals surface area contributed by atoms with Gasteiger partial charge < -0.3 is 4.74 Å². The van der Waals surface area contributed by atoms with E-state index in [9.17, 15) is 4.39 Å². The minimum atomic E-state index is -0.332. The summed E-state index contributed by atoms with van der Waals surface area (Å²) in [6.07, 6.45) is 0. The van der Waals surface area contributed by atoms with Crippen molar-refractivity contribution in [2.75, 3.05) is 7.11 Å². The lowest BCUT2D eigenvalue weighted by Crippen LogP contribution is -1.99. The fraction of sp³-hybridized carbons (Fsp3) is 0.111. The van der Waals surface area contributed by atoms with E-state index in [1.54, 1.807) is 30.6 Å². The number of methoxy groups -OCH3 is 1. The molecule has 0 aliphatic rings. The molecule has 0 amide bonds. The van der Waals surface area contributed by atoms with Crippen molar-refractivity contribution < 1.29 is 9.13 Å². The van der Waals surface area contributed by atoms with Gasteiger partial charge in [0.15, 0.2) is 0 Å². The van der Waals surface area contributed by atoms with Crippen molar-refractivity contribution >= 4 is 23.1 Å². The van der Waals surface area contributed by atoms with E-state index in [1.807, 2.05) is 29.6 Å². The Morgan fingerprint density at radius 1 is 1.19 bits per heavy atom. The number of thioether (sulfide) groups is 1. The lowest BCUT2D eigenvalue weighted by Gasteiger charge is -2.03. The smallest absolute Gasteiger partial charge is 0.214 e. The summed E-state index contributed by atoms with van der Waals surface area (Å²) in [5.74, 6) is 1.07. The first-order valence-electron chi connectivity index (χ1n) is 7.99. The highest BCUT2D eigenvalue weighted by molar-refractivity contribution is 7.98. The highest BCUT2D eigenvalue weighted by Crippen LogP contribution is 2.29. The van der Waals surface area contributed by atoms with E-state index in [0.29, 0.717) is 16.6 Å². The Morgan fingerprint density at radius 2 is 2.07 bits per heavy atom. The molecule has 0 aliphatic heterocycles. The van der Waals surface area contributed by atoms with Crippen molar-refractivity contribution in [3.05, 3.63) is 65.4 Å². The first-order valence-corrected chi connectivity index (χ1v) is 9.85. The number of aromatic nitrogens is 5. The molecule has 0 aliphatic carbocycles. The van der Waals surface area contributed by atoms with Crippen LogP contribution in [0, 0.1) is 5.82 Å². The summed E-state index contributed by atoms with van der Waals surface area (Å²) in [7, 11) is 1.64. The molecule has 0 radical (unpaired) electrons. The number of hydrogen-bond acceptors (Lipinski definition) is 7. The number of tetrazole rings is 1. The fourth-order valence-corrected chi connectivity index (χ4v) is 4.14. The van der Waals surface area contributed by atoms with Crippen LogP contribution in [0.5, 0.6) is 5.75 Å². The average Bonchev–Trinajstić information content (AvgIpc) is 3.36. The number of halogens is 1. The summed E-state index contributed by atoms with van der Waals surface area (Å²) in [6.45, 7) is 0. The van der Waals surface area contributed by atoms with Crippen LogP contribution in [0.25, 0.3) is 16.3 Å². The van der Waals surface area contributed by atoms with Gasteiger partial charge in [-0.1, -0.05) is 30.0 Å². The van der Waals surface area contributed by atoms with E-state index in [4.69, 9.17) is 4.74 Å². The molecule has 0 spiro atoms. The van der Waals surface area contributed by atoms with Crippen molar-refractivity contribution in [2.45, 2.75) is 10.9 Å². The second-order valence-electron chi connectivity index (χ2n) is 5.52. The van der Waals surface area contributed by atoms with Crippen LogP contribution in [0.1, 0.15) is 5.69 Å². The third-order valence-electron chi connectivity index (χ3n) is 3.71. The minimum Gasteiger partial charge on any atom is -0.497 e. The van der Waals surface area contributed by atoms with E-state index in [2.05, 4.69) is 20.5 Å². The zero-order chi connectivity index (χ0) is 18.6. The molecule has 0 saturated heterocycles. The van der Waals surface area contributed by atoms with Gasteiger partial charge in [-0.2, -0.15) is 4.68 Å². The first-order chi connectivity index (χ1) is 13.2. The summed E-state index contributed by atoms with van der Waals surface area (Å²) in [5, 5.41) is 15.2. The summed E-state index contributed by atoms with van der Waals surface area (Å²) in [6, 6.07) is 14.0. The van der Waals surface area contributed by atoms with Gasteiger partial charge in [-0.05, 0) is 40.8 Å². The molecule has 27 heavy (non-hydrogen) atoms. The number of rotatable bonds is 6. The predicted octanol–water partition coefficient (Wildman–Crippen LogP) is 4.23. The molecule has 136 valence electrons. The van der Waals surface area contributed by atoms with Gasteiger partial charge >= 0.3 is 0 Å². The van der Waals surface area contributed by atoms with Gasteiger partial charge in [0.25, 0.3) is 0 Å². The van der Waals surface area contributed by atoms with Gasteiger partial charge in [-0.15, -0.1) is 16.4 Å². The van der Waals surface area contributed by atoms with Crippen molar-refractivity contribution in [1.82, 2.24) is 25.2 Å². The molecule has 0 bridgehead atoms. The monoisotopic (exact) mass is 399 g/mol. The first kappa shape index (κ1) is 17.6. The van der Waals surface area contributed by atoms with Gasteiger partial charge in [-0.3, -0.25) is 0 Å². The Balaban J connectivity index is 1.49. The lowest BCUT2D eigenvalue weighted by atomic mass is 10.2. The van der Waals surface area contributed by atoms with E-state index >= 15 is 0 Å². The van der Waals surface area contributed by atoms with Crippen LogP contribution in [0.15, 0.2) is 59.1 Å². The third-order valence-corrected chi connectivity index (χ3v) is 5.60. The quantitative estimate of drug-likeness (QED) is 0.452. The standard InChI is InChI=1S/C18H14FN5OS2/c1-25-16-7-2-4-12(8-16)17-20-14(10-26-17)11-27-18-21-22-23-24(18)15-6-3-5-13(19)9-15/h2-10H,11H2,1H3. The minimum absolute atomic E-state index is 0.332. The molecule has 0 unspecified atom stereocenters. The van der Waals surface area contributed by atoms with Crippen molar-refractivity contribution in [1.29, 1.82) is 0 Å². The van der Waals surface area contributed by atoms with E-state index in [1.165, 1.54) is 28.6 Å². The highest BCUT2D eigenvalue weighted by Gasteiger charge is 2.12. The molecular formula is C18H14FN5OS2. The largest absolute Gasteiger partial charge is 0.497 e. The van der Waals surface area contributed by atoms with Crippen LogP contribution in [0.3, 0.4) is 0 Å². The molecule has 0 fully saturated rings. The van der Waals surface area contributed by atoms with E-state index in [0.717, 1.165) is 22.0 Å². The molecule has 0 atom stereocenters. The van der Waals surface area contributed by atoms with Crippen molar-refractivity contribution in [3.8, 4) is 22.0 Å². The van der Waals surface area contributed by atoms with Crippen LogP contribution >= 0.6 is 23.1 Å². The summed E-state index contributed by atoms with van der Waals surface area (Å²) in [4.78, 5) is 4.68. The number of hydrogen-bond donors (Lipinski definition) is 0. The van der Waals surface area contributed by atoms with Crippen molar-refractivity contribution in [3.63, 3.8) is 0 Å². The normalized spacial score (nSPS) is 10.9. The molecule has 4 aromatic rings. The molecule has 4 rings (SSSR count). The van der Waals surface area contributed by atoms with Gasteiger partial charge in [0.2, 0.25) is 5.16 Å². The highest BCUT2D eigenvalue weighted by atomic mass is 32.2. The molecule has 0 saturated carbocycles. The Morgan fingerprint density at radius 3 is 2.93 bits per heavy atom.